The fourth-order valence-corrected chi connectivity index (χ4v) is 1.27. The summed E-state index contributed by atoms with van der Waals surface area (Å²) in [5, 5.41) is 10.9. The first-order valence-electron chi connectivity index (χ1n) is 3.48. The summed E-state index contributed by atoms with van der Waals surface area (Å²) in [6.07, 6.45) is 0. The highest BCUT2D eigenvalue weighted by atomic mass is 32.2. The number of hydrogen-bond acceptors (Lipinski definition) is 5. The van der Waals surface area contributed by atoms with E-state index in [0.717, 1.165) is 7.11 Å². The van der Waals surface area contributed by atoms with E-state index >= 15 is 0 Å². The minimum Gasteiger partial charge on any atom is -0.491 e. The van der Waals surface area contributed by atoms with Crippen LogP contribution < -0.4 is 4.74 Å². The zero-order valence-electron chi connectivity index (χ0n) is 7.29. The van der Waals surface area contributed by atoms with Crippen LogP contribution in [0.2, 0.25) is 0 Å². The molecule has 1 N–H and O–H groups in total. The molecule has 84 valence electrons. The highest BCUT2D eigenvalue weighted by Crippen LogP contribution is 2.32. The molecular weight excluding hydrogens is 237 g/mol. The Kier molecular flexibility index (Phi) is 4.21. The van der Waals surface area contributed by atoms with Gasteiger partial charge in [0.1, 0.15) is 0 Å². The molecule has 0 aliphatic heterocycles. The molecule has 0 fully saturated rings. The molecule has 0 saturated carbocycles. The van der Waals surface area contributed by atoms with Crippen molar-refractivity contribution in [1.29, 1.82) is 0 Å². The molecule has 8 heteroatoms. The van der Waals surface area contributed by atoms with Crippen molar-refractivity contribution >= 4 is 12.0 Å². The molecule has 0 amide bonds. The van der Waals surface area contributed by atoms with Gasteiger partial charge in [0.05, 0.1) is 24.0 Å². The monoisotopic (exact) mass is 242 g/mol. The average molecular weight is 242 g/mol. The lowest BCUT2D eigenvalue weighted by Gasteiger charge is -2.06. The van der Waals surface area contributed by atoms with Crippen molar-refractivity contribution in [3.8, 4) is 5.75 Å². The van der Waals surface area contributed by atoms with Crippen molar-refractivity contribution in [3.63, 3.8) is 0 Å². The first kappa shape index (κ1) is 12.1. The molecular formula is C7H5F3O4S. The van der Waals surface area contributed by atoms with E-state index in [1.54, 1.807) is 0 Å². The minimum absolute atomic E-state index is 0.112. The molecule has 0 radical (unpaired) electrons. The van der Waals surface area contributed by atoms with Crippen molar-refractivity contribution in [2.75, 3.05) is 7.11 Å². The normalized spacial score (nSPS) is 10.5. The number of methoxy groups -OCH3 is 1. The third-order valence-corrected chi connectivity index (χ3v) is 2.05. The smallest absolute Gasteiger partial charge is 0.204 e. The maximum atomic E-state index is 13.1. The Balaban J connectivity index is 3.10. The van der Waals surface area contributed by atoms with Gasteiger partial charge in [-0.3, -0.25) is 0 Å². The summed E-state index contributed by atoms with van der Waals surface area (Å²) in [5.41, 5.74) is 0. The van der Waals surface area contributed by atoms with Gasteiger partial charge >= 0.3 is 0 Å². The van der Waals surface area contributed by atoms with Gasteiger partial charge in [0, 0.05) is 0 Å². The Morgan fingerprint density at radius 3 is 2.47 bits per heavy atom. The number of rotatable bonds is 4. The SMILES string of the molecule is COc1c(F)cc(SOOO)c(F)c1F. The Morgan fingerprint density at radius 2 is 1.93 bits per heavy atom. The van der Waals surface area contributed by atoms with Gasteiger partial charge in [-0.05, 0) is 6.07 Å². The number of halogens is 3. The summed E-state index contributed by atoms with van der Waals surface area (Å²) in [4.78, 5) is -0.528. The van der Waals surface area contributed by atoms with E-state index in [4.69, 9.17) is 5.26 Å². The number of hydrogen-bond donors (Lipinski definition) is 1. The molecule has 0 bridgehead atoms. The summed E-state index contributed by atoms with van der Waals surface area (Å²) in [7, 11) is 1.00. The minimum atomic E-state index is -1.48. The Hall–Kier alpha value is -0.960. The molecule has 4 nitrogen and oxygen atoms in total. The largest absolute Gasteiger partial charge is 0.491 e. The number of benzene rings is 1. The lowest BCUT2D eigenvalue weighted by atomic mass is 10.3. The molecule has 15 heavy (non-hydrogen) atoms. The predicted molar refractivity (Wildman–Crippen MR) is 43.5 cm³/mol. The molecule has 1 rings (SSSR count). The van der Waals surface area contributed by atoms with Crippen LogP contribution in [-0.2, 0) is 9.37 Å². The summed E-state index contributed by atoms with van der Waals surface area (Å²) in [5.74, 6) is -4.78. The van der Waals surface area contributed by atoms with Crippen LogP contribution in [0.15, 0.2) is 11.0 Å². The molecule has 0 aliphatic carbocycles. The average Bonchev–Trinajstić information content (AvgIpc) is 2.22. The lowest BCUT2D eigenvalue weighted by molar-refractivity contribution is -0.432. The van der Waals surface area contributed by atoms with Gasteiger partial charge in [-0.25, -0.2) is 14.0 Å². The maximum Gasteiger partial charge on any atom is 0.204 e. The summed E-state index contributed by atoms with van der Waals surface area (Å²) >= 11 is 0.112. The molecule has 0 heterocycles. The zero-order chi connectivity index (χ0) is 11.4. The van der Waals surface area contributed by atoms with E-state index in [1.807, 2.05) is 0 Å². The van der Waals surface area contributed by atoms with Gasteiger partial charge < -0.3 is 4.74 Å². The second-order valence-electron chi connectivity index (χ2n) is 2.24. The molecule has 0 spiro atoms. The van der Waals surface area contributed by atoms with Gasteiger partial charge in [-0.15, -0.1) is 4.33 Å². The van der Waals surface area contributed by atoms with Crippen LogP contribution in [0.25, 0.3) is 0 Å². The third kappa shape index (κ3) is 2.53. The predicted octanol–water partition coefficient (Wildman–Crippen LogP) is 2.54. The van der Waals surface area contributed by atoms with Crippen LogP contribution >= 0.6 is 12.0 Å². The quantitative estimate of drug-likeness (QED) is 0.380. The third-order valence-electron chi connectivity index (χ3n) is 1.44. The van der Waals surface area contributed by atoms with Crippen LogP contribution in [0, 0.1) is 17.5 Å². The highest BCUT2D eigenvalue weighted by Gasteiger charge is 2.20. The second-order valence-corrected chi connectivity index (χ2v) is 2.99. The molecule has 0 saturated heterocycles. The zero-order valence-corrected chi connectivity index (χ0v) is 8.11. The fourth-order valence-electron chi connectivity index (χ4n) is 0.856. The van der Waals surface area contributed by atoms with E-state index in [1.165, 1.54) is 0 Å². The lowest BCUT2D eigenvalue weighted by Crippen LogP contribution is -1.98. The van der Waals surface area contributed by atoms with E-state index in [9.17, 15) is 13.2 Å². The summed E-state index contributed by atoms with van der Waals surface area (Å²) in [6, 6.07) is 0.640. The van der Waals surface area contributed by atoms with Crippen LogP contribution in [0.1, 0.15) is 0 Å². The van der Waals surface area contributed by atoms with Gasteiger partial charge in [-0.2, -0.15) is 4.39 Å². The van der Waals surface area contributed by atoms with Crippen LogP contribution in [0.4, 0.5) is 13.2 Å². The van der Waals surface area contributed by atoms with Crippen molar-refractivity contribution in [1.82, 2.24) is 0 Å². The van der Waals surface area contributed by atoms with E-state index in [-0.39, 0.29) is 12.0 Å². The fraction of sp³-hybridized carbons (Fsp3) is 0.143. The molecule has 1 aromatic rings. The molecule has 0 atom stereocenters. The van der Waals surface area contributed by atoms with Crippen molar-refractivity contribution < 1.29 is 32.5 Å². The van der Waals surface area contributed by atoms with Crippen molar-refractivity contribution in [2.45, 2.75) is 4.90 Å². The van der Waals surface area contributed by atoms with Crippen molar-refractivity contribution in [3.05, 3.63) is 23.5 Å². The van der Waals surface area contributed by atoms with E-state index in [0.29, 0.717) is 6.07 Å². The molecule has 0 aromatic heterocycles. The Labute approximate surface area is 86.6 Å². The van der Waals surface area contributed by atoms with Gasteiger partial charge in [-0.1, -0.05) is 5.04 Å². The maximum absolute atomic E-state index is 13.1. The topological polar surface area (TPSA) is 47.9 Å². The second kappa shape index (κ2) is 5.21. The highest BCUT2D eigenvalue weighted by molar-refractivity contribution is 7.94. The van der Waals surface area contributed by atoms with Crippen LogP contribution in [0.5, 0.6) is 5.75 Å². The number of ether oxygens (including phenoxy) is 1. The molecule has 1 aromatic carbocycles. The molecule has 0 unspecified atom stereocenters. The van der Waals surface area contributed by atoms with Crippen LogP contribution in [0.3, 0.4) is 0 Å². The van der Waals surface area contributed by atoms with E-state index in [2.05, 4.69) is 14.1 Å². The first-order chi connectivity index (χ1) is 7.11. The van der Waals surface area contributed by atoms with Gasteiger partial charge in [0.25, 0.3) is 0 Å². The first-order valence-corrected chi connectivity index (χ1v) is 4.22. The standard InChI is InChI=1S/C7H5F3O4S/c1-12-7-3(8)2-4(15-14-13-11)5(9)6(7)10/h2,11H,1H3. The van der Waals surface area contributed by atoms with Crippen molar-refractivity contribution in [2.24, 2.45) is 0 Å². The van der Waals surface area contributed by atoms with Gasteiger partial charge in [0.2, 0.25) is 5.82 Å². The summed E-state index contributed by atoms with van der Waals surface area (Å²) < 4.78 is 47.3. The van der Waals surface area contributed by atoms with Crippen LogP contribution in [-0.4, -0.2) is 12.4 Å². The van der Waals surface area contributed by atoms with Gasteiger partial charge in [0.15, 0.2) is 17.4 Å². The summed E-state index contributed by atoms with van der Waals surface area (Å²) in [6.45, 7) is 0. The Morgan fingerprint density at radius 1 is 1.27 bits per heavy atom. The molecule has 0 aliphatic rings. The Bertz CT molecular complexity index is 361. The van der Waals surface area contributed by atoms with E-state index < -0.39 is 28.1 Å².